The molecule has 1 aromatic carbocycles. The molecule has 2 aromatic heterocycles. The summed E-state index contributed by atoms with van der Waals surface area (Å²) in [6, 6.07) is 7.66. The molecule has 0 bridgehead atoms. The third-order valence-electron chi connectivity index (χ3n) is 4.36. The molecular formula is C19H20ClN5O3. The molecule has 0 fully saturated rings. The summed E-state index contributed by atoms with van der Waals surface area (Å²) < 4.78 is 6.13. The van der Waals surface area contributed by atoms with Crippen molar-refractivity contribution in [2.75, 3.05) is 13.7 Å². The van der Waals surface area contributed by atoms with Gasteiger partial charge in [0.2, 0.25) is 5.91 Å². The fraction of sp³-hybridized carbons (Fsp3) is 0.316. The molecule has 3 rings (SSSR count). The van der Waals surface area contributed by atoms with Crippen LogP contribution in [0.3, 0.4) is 0 Å². The molecule has 3 aromatic rings. The van der Waals surface area contributed by atoms with Gasteiger partial charge in [-0.1, -0.05) is 23.7 Å². The number of esters is 1. The molecule has 0 radical (unpaired) electrons. The number of rotatable bonds is 6. The highest BCUT2D eigenvalue weighted by molar-refractivity contribution is 6.30. The number of amides is 1. The quantitative estimate of drug-likeness (QED) is 0.632. The second kappa shape index (κ2) is 8.35. The largest absolute Gasteiger partial charge is 0.468 e. The Balaban J connectivity index is 1.82. The Kier molecular flexibility index (Phi) is 5.89. The van der Waals surface area contributed by atoms with Crippen LogP contribution in [0.15, 0.2) is 24.3 Å². The first-order valence-corrected chi connectivity index (χ1v) is 9.05. The first-order valence-electron chi connectivity index (χ1n) is 8.67. The lowest BCUT2D eigenvalue weighted by Crippen LogP contribution is -2.31. The standard InChI is InChI=1S/C19H20ClN5O3/c1-11-15(8-13-4-6-14(20)7-5-13)12(2)25-19(22-11)23-16(24-25)9-17(26)21-10-18(27)28-3/h4-7H,8-10H2,1-3H3,(H,21,26). The van der Waals surface area contributed by atoms with Crippen LogP contribution in [-0.4, -0.2) is 45.1 Å². The molecule has 2 heterocycles. The first kappa shape index (κ1) is 19.8. The van der Waals surface area contributed by atoms with Crippen molar-refractivity contribution in [2.45, 2.75) is 26.7 Å². The molecule has 0 aliphatic heterocycles. The summed E-state index contributed by atoms with van der Waals surface area (Å²) >= 11 is 5.95. The van der Waals surface area contributed by atoms with Crippen molar-refractivity contribution < 1.29 is 14.3 Å². The van der Waals surface area contributed by atoms with Crippen LogP contribution < -0.4 is 5.32 Å². The van der Waals surface area contributed by atoms with Gasteiger partial charge in [-0.05, 0) is 37.1 Å². The van der Waals surface area contributed by atoms with E-state index >= 15 is 0 Å². The van der Waals surface area contributed by atoms with Gasteiger partial charge in [0.05, 0.1) is 13.5 Å². The zero-order valence-corrected chi connectivity index (χ0v) is 16.6. The fourth-order valence-electron chi connectivity index (χ4n) is 2.84. The summed E-state index contributed by atoms with van der Waals surface area (Å²) in [5.41, 5.74) is 3.92. The smallest absolute Gasteiger partial charge is 0.325 e. The lowest BCUT2D eigenvalue weighted by atomic mass is 10.0. The Morgan fingerprint density at radius 3 is 2.57 bits per heavy atom. The fourth-order valence-corrected chi connectivity index (χ4v) is 2.96. The summed E-state index contributed by atoms with van der Waals surface area (Å²) in [7, 11) is 1.26. The third-order valence-corrected chi connectivity index (χ3v) is 4.62. The summed E-state index contributed by atoms with van der Waals surface area (Å²) in [5, 5.41) is 7.56. The van der Waals surface area contributed by atoms with Gasteiger partial charge in [-0.3, -0.25) is 9.59 Å². The number of methoxy groups -OCH3 is 1. The molecule has 28 heavy (non-hydrogen) atoms. The Morgan fingerprint density at radius 1 is 1.18 bits per heavy atom. The number of ether oxygens (including phenoxy) is 1. The van der Waals surface area contributed by atoms with E-state index in [-0.39, 0.29) is 18.9 Å². The molecular weight excluding hydrogens is 382 g/mol. The maximum absolute atomic E-state index is 12.0. The highest BCUT2D eigenvalue weighted by atomic mass is 35.5. The SMILES string of the molecule is COC(=O)CNC(=O)Cc1nc2nc(C)c(Cc3ccc(Cl)cc3)c(C)n2n1. The summed E-state index contributed by atoms with van der Waals surface area (Å²) in [5.74, 6) is -0.111. The number of nitrogens with zero attached hydrogens (tertiary/aromatic N) is 4. The molecule has 0 aliphatic carbocycles. The number of carbonyl (C=O) groups is 2. The number of hydrogen-bond acceptors (Lipinski definition) is 6. The number of carbonyl (C=O) groups excluding carboxylic acids is 2. The number of halogens is 1. The molecule has 0 aliphatic rings. The minimum atomic E-state index is -0.517. The first-order chi connectivity index (χ1) is 13.4. The van der Waals surface area contributed by atoms with Gasteiger partial charge in [0, 0.05) is 22.8 Å². The molecule has 8 nitrogen and oxygen atoms in total. The van der Waals surface area contributed by atoms with Crippen LogP contribution in [0, 0.1) is 13.8 Å². The van der Waals surface area contributed by atoms with Gasteiger partial charge >= 0.3 is 5.97 Å². The number of fused-ring (bicyclic) bond motifs is 1. The van der Waals surface area contributed by atoms with Crippen LogP contribution in [0.1, 0.15) is 28.3 Å². The Morgan fingerprint density at radius 2 is 1.89 bits per heavy atom. The zero-order chi connectivity index (χ0) is 20.3. The molecule has 146 valence electrons. The number of aromatic nitrogens is 4. The van der Waals surface area contributed by atoms with Crippen molar-refractivity contribution >= 4 is 29.3 Å². The number of hydrogen-bond donors (Lipinski definition) is 1. The second-order valence-corrected chi connectivity index (χ2v) is 6.77. The van der Waals surface area contributed by atoms with Crippen LogP contribution >= 0.6 is 11.6 Å². The van der Waals surface area contributed by atoms with Crippen molar-refractivity contribution in [1.29, 1.82) is 0 Å². The molecule has 0 saturated heterocycles. The maximum atomic E-state index is 12.0. The lowest BCUT2D eigenvalue weighted by molar-refractivity contribution is -0.141. The van der Waals surface area contributed by atoms with Gasteiger partial charge in [-0.2, -0.15) is 4.98 Å². The lowest BCUT2D eigenvalue weighted by Gasteiger charge is -2.10. The van der Waals surface area contributed by atoms with E-state index in [0.29, 0.717) is 23.0 Å². The van der Waals surface area contributed by atoms with Crippen molar-refractivity contribution in [1.82, 2.24) is 24.9 Å². The molecule has 0 atom stereocenters. The molecule has 9 heteroatoms. The Bertz CT molecular complexity index is 1030. The van der Waals surface area contributed by atoms with Crippen molar-refractivity contribution in [3.63, 3.8) is 0 Å². The second-order valence-electron chi connectivity index (χ2n) is 6.33. The maximum Gasteiger partial charge on any atom is 0.325 e. The van der Waals surface area contributed by atoms with E-state index in [0.717, 1.165) is 22.5 Å². The van der Waals surface area contributed by atoms with Gasteiger partial charge in [-0.25, -0.2) is 9.50 Å². The van der Waals surface area contributed by atoms with Gasteiger partial charge < -0.3 is 10.1 Å². The molecule has 1 N–H and O–H groups in total. The summed E-state index contributed by atoms with van der Waals surface area (Å²) in [6.45, 7) is 3.68. The van der Waals surface area contributed by atoms with Crippen LogP contribution in [-0.2, 0) is 27.2 Å². The minimum absolute atomic E-state index is 0.0502. The molecule has 1 amide bonds. The topological polar surface area (TPSA) is 98.5 Å². The van der Waals surface area contributed by atoms with Gasteiger partial charge in [0.15, 0.2) is 5.82 Å². The van der Waals surface area contributed by atoms with Crippen LogP contribution in [0.25, 0.3) is 5.78 Å². The Hall–Kier alpha value is -3.00. The average Bonchev–Trinajstić information content (AvgIpc) is 3.07. The van der Waals surface area contributed by atoms with E-state index in [1.807, 2.05) is 38.1 Å². The van der Waals surface area contributed by atoms with Crippen LogP contribution in [0.5, 0.6) is 0 Å². The van der Waals surface area contributed by atoms with Gasteiger partial charge in [0.25, 0.3) is 5.78 Å². The predicted molar refractivity (Wildman–Crippen MR) is 103 cm³/mol. The normalized spacial score (nSPS) is 10.9. The van der Waals surface area contributed by atoms with E-state index in [2.05, 4.69) is 25.1 Å². The number of nitrogens with one attached hydrogen (secondary N) is 1. The number of aryl methyl sites for hydroxylation is 2. The monoisotopic (exact) mass is 401 g/mol. The summed E-state index contributed by atoms with van der Waals surface area (Å²) in [6.07, 6.45) is 0.637. The summed E-state index contributed by atoms with van der Waals surface area (Å²) in [4.78, 5) is 31.9. The third kappa shape index (κ3) is 4.45. The van der Waals surface area contributed by atoms with E-state index < -0.39 is 5.97 Å². The van der Waals surface area contributed by atoms with Gasteiger partial charge in [-0.15, -0.1) is 5.10 Å². The van der Waals surface area contributed by atoms with Crippen LogP contribution in [0.2, 0.25) is 5.02 Å². The van der Waals surface area contributed by atoms with Crippen molar-refractivity contribution in [3.8, 4) is 0 Å². The van der Waals surface area contributed by atoms with E-state index in [9.17, 15) is 9.59 Å². The average molecular weight is 402 g/mol. The van der Waals surface area contributed by atoms with E-state index in [1.165, 1.54) is 7.11 Å². The van der Waals surface area contributed by atoms with Crippen molar-refractivity contribution in [2.24, 2.45) is 0 Å². The molecule has 0 spiro atoms. The predicted octanol–water partition coefficient (Wildman–Crippen LogP) is 1.82. The highest BCUT2D eigenvalue weighted by Crippen LogP contribution is 2.19. The zero-order valence-electron chi connectivity index (χ0n) is 15.8. The van der Waals surface area contributed by atoms with Crippen LogP contribution in [0.4, 0.5) is 0 Å². The van der Waals surface area contributed by atoms with E-state index in [4.69, 9.17) is 11.6 Å². The van der Waals surface area contributed by atoms with Gasteiger partial charge in [0.1, 0.15) is 6.54 Å². The van der Waals surface area contributed by atoms with Crippen molar-refractivity contribution in [3.05, 3.63) is 57.6 Å². The van der Waals surface area contributed by atoms with E-state index in [1.54, 1.807) is 4.52 Å². The molecule has 0 unspecified atom stereocenters. The molecule has 0 saturated carbocycles. The highest BCUT2D eigenvalue weighted by Gasteiger charge is 2.16. The number of benzene rings is 1. The Labute approximate surface area is 166 Å². The minimum Gasteiger partial charge on any atom is -0.468 e.